The van der Waals surface area contributed by atoms with Gasteiger partial charge in [-0.25, -0.2) is 0 Å². The van der Waals surface area contributed by atoms with E-state index < -0.39 is 0 Å². The quantitative estimate of drug-likeness (QED) is 0.920. The van der Waals surface area contributed by atoms with Crippen molar-refractivity contribution in [3.8, 4) is 0 Å². The lowest BCUT2D eigenvalue weighted by molar-refractivity contribution is 0.0911. The van der Waals surface area contributed by atoms with Gasteiger partial charge in [0, 0.05) is 11.3 Å². The summed E-state index contributed by atoms with van der Waals surface area (Å²) in [6, 6.07) is 7.18. The molecule has 1 N–H and O–H groups in total. The second-order valence-corrected chi connectivity index (χ2v) is 5.70. The Labute approximate surface area is 115 Å². The minimum absolute atomic E-state index is 0.0785. The largest absolute Gasteiger partial charge is 0.456 e. The number of furan rings is 1. The molecule has 0 aliphatic rings. The van der Waals surface area contributed by atoms with Crippen molar-refractivity contribution < 1.29 is 9.21 Å². The first-order chi connectivity index (χ1) is 8.60. The van der Waals surface area contributed by atoms with Gasteiger partial charge in [0.2, 0.25) is 0 Å². The number of carbonyl (C=O) groups is 1. The molecule has 2 rings (SSSR count). The molecule has 18 heavy (non-hydrogen) atoms. The fourth-order valence-electron chi connectivity index (χ4n) is 1.59. The standard InChI is InChI=1S/C13H14ClNO2S/c1-3-9-4-5-10(17-9)13(16)15-8(2)11-6-7-12(14)18-11/h4-8H,3H2,1-2H3,(H,15,16)/t8-/m1/s1. The highest BCUT2D eigenvalue weighted by atomic mass is 35.5. The summed E-state index contributed by atoms with van der Waals surface area (Å²) in [7, 11) is 0. The normalized spacial score (nSPS) is 12.4. The number of aryl methyl sites for hydroxylation is 1. The summed E-state index contributed by atoms with van der Waals surface area (Å²) in [5.41, 5.74) is 0. The molecule has 2 heterocycles. The molecule has 0 aliphatic carbocycles. The van der Waals surface area contributed by atoms with Crippen molar-refractivity contribution in [3.63, 3.8) is 0 Å². The van der Waals surface area contributed by atoms with Crippen LogP contribution in [0.1, 0.15) is 41.1 Å². The maximum atomic E-state index is 11.9. The Balaban J connectivity index is 2.02. The smallest absolute Gasteiger partial charge is 0.287 e. The van der Waals surface area contributed by atoms with Gasteiger partial charge in [-0.2, -0.15) is 0 Å². The first kappa shape index (κ1) is 13.2. The van der Waals surface area contributed by atoms with Crippen LogP contribution in [-0.2, 0) is 6.42 Å². The van der Waals surface area contributed by atoms with Crippen LogP contribution in [0.2, 0.25) is 4.34 Å². The Morgan fingerprint density at radius 3 is 2.78 bits per heavy atom. The number of rotatable bonds is 4. The molecule has 0 saturated carbocycles. The molecule has 0 fully saturated rings. The van der Waals surface area contributed by atoms with Crippen molar-refractivity contribution in [2.24, 2.45) is 0 Å². The van der Waals surface area contributed by atoms with Crippen LogP contribution in [0.15, 0.2) is 28.7 Å². The molecule has 1 amide bonds. The average Bonchev–Trinajstić information content (AvgIpc) is 2.97. The van der Waals surface area contributed by atoms with Crippen LogP contribution in [-0.4, -0.2) is 5.91 Å². The molecule has 2 aromatic rings. The second-order valence-electron chi connectivity index (χ2n) is 3.96. The highest BCUT2D eigenvalue weighted by Crippen LogP contribution is 2.26. The van der Waals surface area contributed by atoms with Crippen molar-refractivity contribution in [1.82, 2.24) is 5.32 Å². The monoisotopic (exact) mass is 283 g/mol. The van der Waals surface area contributed by atoms with Crippen LogP contribution < -0.4 is 5.32 Å². The highest BCUT2D eigenvalue weighted by Gasteiger charge is 2.15. The summed E-state index contributed by atoms with van der Waals surface area (Å²) in [4.78, 5) is 13.0. The van der Waals surface area contributed by atoms with Gasteiger partial charge in [0.1, 0.15) is 5.76 Å². The summed E-state index contributed by atoms with van der Waals surface area (Å²) in [6.45, 7) is 3.90. The summed E-state index contributed by atoms with van der Waals surface area (Å²) in [5.74, 6) is 0.958. The second kappa shape index (κ2) is 5.59. The van der Waals surface area contributed by atoms with Crippen molar-refractivity contribution >= 4 is 28.8 Å². The van der Waals surface area contributed by atoms with E-state index in [1.165, 1.54) is 11.3 Å². The number of carbonyl (C=O) groups excluding carboxylic acids is 1. The van der Waals surface area contributed by atoms with E-state index in [9.17, 15) is 4.79 Å². The molecule has 0 unspecified atom stereocenters. The van der Waals surface area contributed by atoms with Gasteiger partial charge in [0.15, 0.2) is 5.76 Å². The summed E-state index contributed by atoms with van der Waals surface area (Å²) in [5, 5.41) is 2.88. The summed E-state index contributed by atoms with van der Waals surface area (Å²) in [6.07, 6.45) is 0.781. The average molecular weight is 284 g/mol. The van der Waals surface area contributed by atoms with E-state index in [4.69, 9.17) is 16.0 Å². The molecule has 1 atom stereocenters. The lowest BCUT2D eigenvalue weighted by Crippen LogP contribution is -2.25. The van der Waals surface area contributed by atoms with E-state index in [0.717, 1.165) is 21.4 Å². The lowest BCUT2D eigenvalue weighted by atomic mass is 10.2. The Morgan fingerprint density at radius 1 is 1.44 bits per heavy atom. The molecule has 0 radical (unpaired) electrons. The van der Waals surface area contributed by atoms with Crippen LogP contribution in [0.3, 0.4) is 0 Å². The molecule has 3 nitrogen and oxygen atoms in total. The predicted molar refractivity (Wildman–Crippen MR) is 73.3 cm³/mol. The molecule has 96 valence electrons. The maximum Gasteiger partial charge on any atom is 0.287 e. The van der Waals surface area contributed by atoms with E-state index in [0.29, 0.717) is 5.76 Å². The van der Waals surface area contributed by atoms with Crippen LogP contribution >= 0.6 is 22.9 Å². The molecule has 0 spiro atoms. The number of thiophene rings is 1. The lowest BCUT2D eigenvalue weighted by Gasteiger charge is -2.10. The molecule has 0 saturated heterocycles. The maximum absolute atomic E-state index is 11.9. The topological polar surface area (TPSA) is 42.2 Å². The number of nitrogens with one attached hydrogen (secondary N) is 1. The minimum atomic E-state index is -0.202. The number of halogens is 1. The van der Waals surface area contributed by atoms with Gasteiger partial charge in [0.05, 0.1) is 10.4 Å². The molecule has 5 heteroatoms. The Bertz CT molecular complexity index is 547. The Hall–Kier alpha value is -1.26. The third kappa shape index (κ3) is 2.94. The van der Waals surface area contributed by atoms with Crippen molar-refractivity contribution in [3.05, 3.63) is 45.0 Å². The van der Waals surface area contributed by atoms with Crippen molar-refractivity contribution in [2.75, 3.05) is 0 Å². The first-order valence-electron chi connectivity index (χ1n) is 5.75. The zero-order chi connectivity index (χ0) is 13.1. The van der Waals surface area contributed by atoms with Gasteiger partial charge < -0.3 is 9.73 Å². The molecular formula is C13H14ClNO2S. The molecule has 0 aromatic carbocycles. The van der Waals surface area contributed by atoms with E-state index in [2.05, 4.69) is 5.32 Å². The Morgan fingerprint density at radius 2 is 2.22 bits per heavy atom. The van der Waals surface area contributed by atoms with Gasteiger partial charge in [-0.05, 0) is 31.2 Å². The fourth-order valence-corrected chi connectivity index (χ4v) is 2.65. The van der Waals surface area contributed by atoms with Gasteiger partial charge in [-0.1, -0.05) is 18.5 Å². The predicted octanol–water partition coefficient (Wildman–Crippen LogP) is 4.05. The number of amides is 1. The third-order valence-corrected chi connectivity index (χ3v) is 4.02. The van der Waals surface area contributed by atoms with Crippen molar-refractivity contribution in [1.29, 1.82) is 0 Å². The first-order valence-corrected chi connectivity index (χ1v) is 6.94. The van der Waals surface area contributed by atoms with E-state index in [1.54, 1.807) is 6.07 Å². The van der Waals surface area contributed by atoms with E-state index >= 15 is 0 Å². The fraction of sp³-hybridized carbons (Fsp3) is 0.308. The highest BCUT2D eigenvalue weighted by molar-refractivity contribution is 7.16. The van der Waals surface area contributed by atoms with E-state index in [-0.39, 0.29) is 11.9 Å². The SMILES string of the molecule is CCc1ccc(C(=O)N[C@H](C)c2ccc(Cl)s2)o1. The van der Waals surface area contributed by atoms with Gasteiger partial charge in [-0.3, -0.25) is 4.79 Å². The van der Waals surface area contributed by atoms with Gasteiger partial charge in [-0.15, -0.1) is 11.3 Å². The zero-order valence-electron chi connectivity index (χ0n) is 10.2. The minimum Gasteiger partial charge on any atom is -0.456 e. The number of hydrogen-bond donors (Lipinski definition) is 1. The zero-order valence-corrected chi connectivity index (χ0v) is 11.8. The van der Waals surface area contributed by atoms with Gasteiger partial charge in [0.25, 0.3) is 5.91 Å². The molecular weight excluding hydrogens is 270 g/mol. The third-order valence-electron chi connectivity index (χ3n) is 2.60. The van der Waals surface area contributed by atoms with Crippen molar-refractivity contribution in [2.45, 2.75) is 26.3 Å². The molecule has 0 aliphatic heterocycles. The van der Waals surface area contributed by atoms with Crippen LogP contribution in [0.25, 0.3) is 0 Å². The van der Waals surface area contributed by atoms with Crippen LogP contribution in [0.5, 0.6) is 0 Å². The van der Waals surface area contributed by atoms with Crippen LogP contribution in [0.4, 0.5) is 0 Å². The Kier molecular flexibility index (Phi) is 4.09. The summed E-state index contributed by atoms with van der Waals surface area (Å²) >= 11 is 7.33. The number of hydrogen-bond acceptors (Lipinski definition) is 3. The molecule has 0 bridgehead atoms. The summed E-state index contributed by atoms with van der Waals surface area (Å²) < 4.78 is 6.12. The molecule has 2 aromatic heterocycles. The van der Waals surface area contributed by atoms with Gasteiger partial charge >= 0.3 is 0 Å². The van der Waals surface area contributed by atoms with E-state index in [1.807, 2.05) is 32.0 Å². The van der Waals surface area contributed by atoms with Crippen LogP contribution in [0, 0.1) is 0 Å².